The quantitative estimate of drug-likeness (QED) is 0.666. The molecule has 5 nitrogen and oxygen atoms in total. The van der Waals surface area contributed by atoms with Crippen molar-refractivity contribution in [3.8, 4) is 0 Å². The van der Waals surface area contributed by atoms with E-state index in [1.54, 1.807) is 18.2 Å². The second-order valence-electron chi connectivity index (χ2n) is 6.09. The Hall–Kier alpha value is -1.38. The molecule has 2 heterocycles. The van der Waals surface area contributed by atoms with Crippen LogP contribution >= 0.6 is 34.5 Å². The van der Waals surface area contributed by atoms with Gasteiger partial charge < -0.3 is 5.11 Å². The minimum atomic E-state index is -3.60. The van der Waals surface area contributed by atoms with Crippen molar-refractivity contribution >= 4 is 62.2 Å². The van der Waals surface area contributed by atoms with Crippen LogP contribution < -0.4 is 0 Å². The number of carbonyl (C=O) groups is 1. The third kappa shape index (κ3) is 4.38. The van der Waals surface area contributed by atoms with Gasteiger partial charge >= 0.3 is 5.97 Å². The highest BCUT2D eigenvalue weighted by Gasteiger charge is 2.28. The first-order valence-corrected chi connectivity index (χ1v) is 11.3. The molecule has 0 unspecified atom stereocenters. The molecule has 1 aromatic carbocycles. The molecular weight excluding hydrogens is 429 g/mol. The molecule has 2 aromatic rings. The first-order valence-electron chi connectivity index (χ1n) is 8.30. The van der Waals surface area contributed by atoms with Gasteiger partial charge in [0.05, 0.1) is 15.6 Å². The van der Waals surface area contributed by atoms with Crippen LogP contribution in [-0.2, 0) is 14.8 Å². The number of nitrogens with zero attached hydrogens (tertiary/aromatic N) is 1. The minimum absolute atomic E-state index is 0.0377. The van der Waals surface area contributed by atoms with Crippen LogP contribution in [-0.4, -0.2) is 36.9 Å². The van der Waals surface area contributed by atoms with Crippen molar-refractivity contribution in [2.75, 3.05) is 13.1 Å². The predicted molar refractivity (Wildman–Crippen MR) is 109 cm³/mol. The zero-order valence-corrected chi connectivity index (χ0v) is 17.3. The molecule has 3 rings (SSSR count). The first kappa shape index (κ1) is 20.4. The van der Waals surface area contributed by atoms with Crippen molar-refractivity contribution in [1.29, 1.82) is 0 Å². The second kappa shape index (κ2) is 8.32. The number of carboxylic acid groups (broad SMARTS) is 1. The first-order chi connectivity index (χ1) is 12.8. The second-order valence-corrected chi connectivity index (χ2v) is 10.1. The van der Waals surface area contributed by atoms with Crippen LogP contribution in [0.1, 0.15) is 29.7 Å². The Morgan fingerprint density at radius 1 is 1.11 bits per heavy atom. The molecule has 0 atom stereocenters. The number of sulfonamides is 1. The zero-order valence-electron chi connectivity index (χ0n) is 14.2. The Kier molecular flexibility index (Phi) is 6.28. The highest BCUT2D eigenvalue weighted by molar-refractivity contribution is 7.91. The molecule has 1 fully saturated rings. The van der Waals surface area contributed by atoms with Crippen LogP contribution in [0, 0.1) is 0 Å². The summed E-state index contributed by atoms with van der Waals surface area (Å²) >= 11 is 13.1. The maximum atomic E-state index is 12.8. The largest absolute Gasteiger partial charge is 0.478 e. The molecule has 0 bridgehead atoms. The highest BCUT2D eigenvalue weighted by atomic mass is 35.5. The predicted octanol–water partition coefficient (Wildman–Crippen LogP) is 4.85. The number of hydrogen-bond donors (Lipinski definition) is 1. The van der Waals surface area contributed by atoms with Crippen LogP contribution in [0.4, 0.5) is 0 Å². The lowest BCUT2D eigenvalue weighted by atomic mass is 10.1. The number of hydrogen-bond acceptors (Lipinski definition) is 4. The van der Waals surface area contributed by atoms with Crippen molar-refractivity contribution < 1.29 is 18.3 Å². The number of benzene rings is 1. The van der Waals surface area contributed by atoms with Gasteiger partial charge in [-0.25, -0.2) is 13.2 Å². The van der Waals surface area contributed by atoms with Crippen molar-refractivity contribution in [3.63, 3.8) is 0 Å². The summed E-state index contributed by atoms with van der Waals surface area (Å²) in [6.07, 6.45) is 4.10. The molecule has 1 saturated heterocycles. The van der Waals surface area contributed by atoms with Gasteiger partial charge in [-0.1, -0.05) is 41.8 Å². The van der Waals surface area contributed by atoms with E-state index in [2.05, 4.69) is 0 Å². The summed E-state index contributed by atoms with van der Waals surface area (Å²) in [6.45, 7) is 0.991. The number of aliphatic carboxylic acids is 1. The van der Waals surface area contributed by atoms with Gasteiger partial charge in [0, 0.05) is 18.0 Å². The van der Waals surface area contributed by atoms with E-state index in [0.29, 0.717) is 28.6 Å². The van der Waals surface area contributed by atoms with Crippen LogP contribution in [0.5, 0.6) is 0 Å². The molecule has 0 spiro atoms. The smallest absolute Gasteiger partial charge is 0.337 e. The molecule has 1 aliphatic rings. The Morgan fingerprint density at radius 2 is 1.81 bits per heavy atom. The van der Waals surface area contributed by atoms with E-state index in [4.69, 9.17) is 23.2 Å². The standard InChI is InChI=1S/C18H17Cl2NO4S2/c19-14-6-4-5-12(17(14)20)11-13(18(22)23)15-7-8-16(26-15)27(24,25)21-9-2-1-3-10-21/h4-8,11H,1-3,9-10H2,(H,22,23)/b13-11-. The fourth-order valence-corrected chi connectivity index (χ4v) is 6.21. The molecule has 0 aliphatic carbocycles. The van der Waals surface area contributed by atoms with Gasteiger partial charge in [0.25, 0.3) is 10.0 Å². The van der Waals surface area contributed by atoms with E-state index in [1.165, 1.54) is 22.5 Å². The third-order valence-corrected chi connectivity index (χ3v) is 8.59. The van der Waals surface area contributed by atoms with Crippen molar-refractivity contribution in [3.05, 3.63) is 50.8 Å². The van der Waals surface area contributed by atoms with Gasteiger partial charge in [0.1, 0.15) is 4.21 Å². The molecule has 1 aromatic heterocycles. The summed E-state index contributed by atoms with van der Waals surface area (Å²) in [6, 6.07) is 7.90. The lowest BCUT2D eigenvalue weighted by Crippen LogP contribution is -2.35. The molecule has 0 saturated carbocycles. The molecule has 0 radical (unpaired) electrons. The molecule has 1 aliphatic heterocycles. The number of carboxylic acids is 1. The Labute approximate surface area is 171 Å². The summed E-state index contributed by atoms with van der Waals surface area (Å²) in [5, 5.41) is 10.2. The Bertz CT molecular complexity index is 993. The van der Waals surface area contributed by atoms with Crippen LogP contribution in [0.2, 0.25) is 10.0 Å². The van der Waals surface area contributed by atoms with Crippen molar-refractivity contribution in [2.24, 2.45) is 0 Å². The topological polar surface area (TPSA) is 74.7 Å². The maximum absolute atomic E-state index is 12.8. The molecule has 144 valence electrons. The van der Waals surface area contributed by atoms with E-state index in [9.17, 15) is 18.3 Å². The van der Waals surface area contributed by atoms with E-state index < -0.39 is 16.0 Å². The highest BCUT2D eigenvalue weighted by Crippen LogP contribution is 2.34. The monoisotopic (exact) mass is 445 g/mol. The average Bonchev–Trinajstić information content (AvgIpc) is 3.14. The van der Waals surface area contributed by atoms with E-state index >= 15 is 0 Å². The van der Waals surface area contributed by atoms with Gasteiger partial charge in [-0.2, -0.15) is 4.31 Å². The van der Waals surface area contributed by atoms with Crippen molar-refractivity contribution in [2.45, 2.75) is 23.5 Å². The number of rotatable bonds is 5. The molecule has 0 amide bonds. The molecule has 1 N–H and O–H groups in total. The molecule has 9 heteroatoms. The summed E-state index contributed by atoms with van der Waals surface area (Å²) in [5.74, 6) is -1.17. The fourth-order valence-electron chi connectivity index (χ4n) is 2.86. The summed E-state index contributed by atoms with van der Waals surface area (Å²) in [7, 11) is -3.60. The summed E-state index contributed by atoms with van der Waals surface area (Å²) < 4.78 is 27.2. The number of piperidine rings is 1. The normalized spacial score (nSPS) is 16.4. The molecular formula is C18H17Cl2NO4S2. The molecule has 27 heavy (non-hydrogen) atoms. The van der Waals surface area contributed by atoms with Crippen molar-refractivity contribution in [1.82, 2.24) is 4.31 Å². The van der Waals surface area contributed by atoms with E-state index in [0.717, 1.165) is 30.6 Å². The SMILES string of the molecule is O=C(O)/C(=C\c1cccc(Cl)c1Cl)c1ccc(S(=O)(=O)N2CCCCC2)s1. The van der Waals surface area contributed by atoms with E-state index in [1.807, 2.05) is 0 Å². The average molecular weight is 446 g/mol. The number of halogens is 2. The number of thiophene rings is 1. The Morgan fingerprint density at radius 3 is 2.48 bits per heavy atom. The minimum Gasteiger partial charge on any atom is -0.478 e. The summed E-state index contributed by atoms with van der Waals surface area (Å²) in [4.78, 5) is 12.1. The lowest BCUT2D eigenvalue weighted by Gasteiger charge is -2.25. The van der Waals surface area contributed by atoms with Gasteiger partial charge in [0.15, 0.2) is 0 Å². The van der Waals surface area contributed by atoms with E-state index in [-0.39, 0.29) is 14.8 Å². The zero-order chi connectivity index (χ0) is 19.6. The lowest BCUT2D eigenvalue weighted by molar-refractivity contribution is -0.130. The van der Waals surface area contributed by atoms with Gasteiger partial charge in [-0.3, -0.25) is 0 Å². The third-order valence-electron chi connectivity index (χ3n) is 4.27. The Balaban J connectivity index is 1.98. The van der Waals surface area contributed by atoms with Crippen LogP contribution in [0.25, 0.3) is 11.6 Å². The van der Waals surface area contributed by atoms with Gasteiger partial charge in [0.2, 0.25) is 0 Å². The van der Waals surface area contributed by atoms with Gasteiger partial charge in [-0.05, 0) is 42.7 Å². The maximum Gasteiger partial charge on any atom is 0.337 e. The summed E-state index contributed by atoms with van der Waals surface area (Å²) in [5.41, 5.74) is 0.416. The fraction of sp³-hybridized carbons (Fsp3) is 0.278. The van der Waals surface area contributed by atoms with Gasteiger partial charge in [-0.15, -0.1) is 11.3 Å². The van der Waals surface area contributed by atoms with Crippen LogP contribution in [0.3, 0.4) is 0 Å². The van der Waals surface area contributed by atoms with Crippen LogP contribution in [0.15, 0.2) is 34.5 Å².